The lowest BCUT2D eigenvalue weighted by Gasteiger charge is -2.13. The number of ether oxygens (including phenoxy) is 1. The van der Waals surface area contributed by atoms with E-state index in [1.165, 1.54) is 16.7 Å². The Balaban J connectivity index is 1.90. The average molecular weight is 283 g/mol. The van der Waals surface area contributed by atoms with Crippen molar-refractivity contribution in [3.8, 4) is 5.75 Å². The van der Waals surface area contributed by atoms with Crippen LogP contribution >= 0.6 is 0 Å². The minimum atomic E-state index is 0.539. The summed E-state index contributed by atoms with van der Waals surface area (Å²) in [5.74, 6) is 1.47. The van der Waals surface area contributed by atoms with Crippen LogP contribution in [0.1, 0.15) is 36.5 Å². The van der Waals surface area contributed by atoms with Gasteiger partial charge in [-0.15, -0.1) is 0 Å². The van der Waals surface area contributed by atoms with Crippen molar-refractivity contribution in [3.05, 3.63) is 65.2 Å². The zero-order valence-electron chi connectivity index (χ0n) is 13.2. The lowest BCUT2D eigenvalue weighted by Crippen LogP contribution is -2.19. The van der Waals surface area contributed by atoms with Gasteiger partial charge in [0.05, 0.1) is 0 Å². The van der Waals surface area contributed by atoms with E-state index in [1.54, 1.807) is 0 Å². The molecule has 1 unspecified atom stereocenters. The smallest absolute Gasteiger partial charge is 0.120 e. The van der Waals surface area contributed by atoms with Crippen molar-refractivity contribution in [1.82, 2.24) is 5.32 Å². The van der Waals surface area contributed by atoms with Crippen LogP contribution < -0.4 is 10.1 Å². The van der Waals surface area contributed by atoms with Crippen molar-refractivity contribution in [1.29, 1.82) is 0 Å². The normalized spacial score (nSPS) is 12.1. The van der Waals surface area contributed by atoms with E-state index in [2.05, 4.69) is 62.5 Å². The van der Waals surface area contributed by atoms with Crippen LogP contribution in [0.2, 0.25) is 0 Å². The molecule has 0 aromatic heterocycles. The molecule has 1 N–H and O–H groups in total. The van der Waals surface area contributed by atoms with Crippen molar-refractivity contribution in [3.63, 3.8) is 0 Å². The van der Waals surface area contributed by atoms with Crippen LogP contribution in [0.3, 0.4) is 0 Å². The summed E-state index contributed by atoms with van der Waals surface area (Å²) in [5, 5.41) is 3.39. The van der Waals surface area contributed by atoms with Crippen LogP contribution in [-0.4, -0.2) is 13.1 Å². The molecule has 0 saturated heterocycles. The molecular weight excluding hydrogens is 258 g/mol. The van der Waals surface area contributed by atoms with Gasteiger partial charge in [0.2, 0.25) is 0 Å². The molecule has 0 spiro atoms. The third-order valence-electron chi connectivity index (χ3n) is 3.64. The van der Waals surface area contributed by atoms with Crippen molar-refractivity contribution < 1.29 is 4.74 Å². The molecule has 0 amide bonds. The van der Waals surface area contributed by atoms with E-state index in [1.807, 2.05) is 12.1 Å². The van der Waals surface area contributed by atoms with E-state index in [4.69, 9.17) is 4.74 Å². The number of benzene rings is 2. The number of rotatable bonds is 7. The zero-order chi connectivity index (χ0) is 15.1. The van der Waals surface area contributed by atoms with Gasteiger partial charge in [-0.05, 0) is 48.2 Å². The maximum absolute atomic E-state index is 5.83. The first-order valence-corrected chi connectivity index (χ1v) is 7.68. The Morgan fingerprint density at radius 1 is 1.10 bits per heavy atom. The highest BCUT2D eigenvalue weighted by Crippen LogP contribution is 2.17. The second-order valence-electron chi connectivity index (χ2n) is 5.56. The quantitative estimate of drug-likeness (QED) is 0.818. The molecule has 2 heteroatoms. The van der Waals surface area contributed by atoms with Gasteiger partial charge in [0.25, 0.3) is 0 Å². The van der Waals surface area contributed by atoms with Gasteiger partial charge in [-0.2, -0.15) is 0 Å². The predicted octanol–water partition coefficient (Wildman–Crippen LogP) is 4.29. The minimum absolute atomic E-state index is 0.539. The molecule has 2 nitrogen and oxygen atoms in total. The number of hydrogen-bond donors (Lipinski definition) is 1. The first-order valence-electron chi connectivity index (χ1n) is 7.68. The SMILES string of the molecule is CCNCC(C)c1ccc(COc2cccc(C)c2)cc1. The highest BCUT2D eigenvalue weighted by atomic mass is 16.5. The van der Waals surface area contributed by atoms with Crippen LogP contribution in [0.5, 0.6) is 5.75 Å². The molecule has 0 aliphatic rings. The summed E-state index contributed by atoms with van der Waals surface area (Å²) < 4.78 is 5.83. The molecule has 112 valence electrons. The number of hydrogen-bond acceptors (Lipinski definition) is 2. The molecule has 0 heterocycles. The highest BCUT2D eigenvalue weighted by molar-refractivity contribution is 5.29. The van der Waals surface area contributed by atoms with E-state index in [0.29, 0.717) is 12.5 Å². The number of nitrogens with one attached hydrogen (secondary N) is 1. The highest BCUT2D eigenvalue weighted by Gasteiger charge is 2.04. The van der Waals surface area contributed by atoms with Gasteiger partial charge in [-0.1, -0.05) is 50.2 Å². The van der Waals surface area contributed by atoms with Gasteiger partial charge < -0.3 is 10.1 Å². The molecule has 0 radical (unpaired) electrons. The Hall–Kier alpha value is -1.80. The second-order valence-corrected chi connectivity index (χ2v) is 5.56. The predicted molar refractivity (Wildman–Crippen MR) is 88.9 cm³/mol. The molecule has 2 aromatic rings. The van der Waals surface area contributed by atoms with Crippen molar-refractivity contribution >= 4 is 0 Å². The molecule has 2 aromatic carbocycles. The largest absolute Gasteiger partial charge is 0.489 e. The molecule has 21 heavy (non-hydrogen) atoms. The fourth-order valence-electron chi connectivity index (χ4n) is 2.29. The molecule has 2 rings (SSSR count). The summed E-state index contributed by atoms with van der Waals surface area (Å²) in [5.41, 5.74) is 3.80. The van der Waals surface area contributed by atoms with Gasteiger partial charge in [0, 0.05) is 6.54 Å². The lowest BCUT2D eigenvalue weighted by atomic mass is 10.00. The molecular formula is C19H25NO. The fraction of sp³-hybridized carbons (Fsp3) is 0.368. The van der Waals surface area contributed by atoms with Gasteiger partial charge in [0.1, 0.15) is 12.4 Å². The third kappa shape index (κ3) is 4.91. The van der Waals surface area contributed by atoms with Crippen LogP contribution in [0.4, 0.5) is 0 Å². The summed E-state index contributed by atoms with van der Waals surface area (Å²) in [4.78, 5) is 0. The first kappa shape index (κ1) is 15.6. The van der Waals surface area contributed by atoms with Crippen molar-refractivity contribution in [2.45, 2.75) is 33.3 Å². The van der Waals surface area contributed by atoms with E-state index in [9.17, 15) is 0 Å². The van der Waals surface area contributed by atoms with E-state index in [-0.39, 0.29) is 0 Å². The average Bonchev–Trinajstić information content (AvgIpc) is 2.51. The van der Waals surface area contributed by atoms with Crippen molar-refractivity contribution in [2.75, 3.05) is 13.1 Å². The van der Waals surface area contributed by atoms with E-state index >= 15 is 0 Å². The van der Waals surface area contributed by atoms with Gasteiger partial charge in [0.15, 0.2) is 0 Å². The van der Waals surface area contributed by atoms with E-state index in [0.717, 1.165) is 18.8 Å². The Morgan fingerprint density at radius 2 is 1.86 bits per heavy atom. The van der Waals surface area contributed by atoms with Crippen LogP contribution in [0, 0.1) is 6.92 Å². The summed E-state index contributed by atoms with van der Waals surface area (Å²) in [6.07, 6.45) is 0. The number of aryl methyl sites for hydroxylation is 1. The zero-order valence-corrected chi connectivity index (χ0v) is 13.2. The summed E-state index contributed by atoms with van der Waals surface area (Å²) in [7, 11) is 0. The lowest BCUT2D eigenvalue weighted by molar-refractivity contribution is 0.306. The third-order valence-corrected chi connectivity index (χ3v) is 3.64. The Bertz CT molecular complexity index is 548. The molecule has 0 saturated carbocycles. The van der Waals surface area contributed by atoms with Crippen molar-refractivity contribution in [2.24, 2.45) is 0 Å². The van der Waals surface area contributed by atoms with Gasteiger partial charge in [-0.3, -0.25) is 0 Å². The summed E-state index contributed by atoms with van der Waals surface area (Å²) in [6.45, 7) is 9.13. The standard InChI is InChI=1S/C19H25NO/c1-4-20-13-16(3)18-10-8-17(9-11-18)14-21-19-7-5-6-15(2)12-19/h5-12,16,20H,4,13-14H2,1-3H3. The minimum Gasteiger partial charge on any atom is -0.489 e. The molecule has 0 fully saturated rings. The Morgan fingerprint density at radius 3 is 2.52 bits per heavy atom. The Kier molecular flexibility index (Phi) is 5.82. The summed E-state index contributed by atoms with van der Waals surface area (Å²) >= 11 is 0. The van der Waals surface area contributed by atoms with Crippen LogP contribution in [-0.2, 0) is 6.61 Å². The summed E-state index contributed by atoms with van der Waals surface area (Å²) in [6, 6.07) is 16.9. The molecule has 1 atom stereocenters. The second kappa shape index (κ2) is 7.84. The van der Waals surface area contributed by atoms with E-state index < -0.39 is 0 Å². The van der Waals surface area contributed by atoms with Gasteiger partial charge >= 0.3 is 0 Å². The molecule has 0 aliphatic heterocycles. The van der Waals surface area contributed by atoms with Gasteiger partial charge in [-0.25, -0.2) is 0 Å². The Labute approximate surface area is 128 Å². The topological polar surface area (TPSA) is 21.3 Å². The molecule has 0 aliphatic carbocycles. The fourth-order valence-corrected chi connectivity index (χ4v) is 2.29. The van der Waals surface area contributed by atoms with Crippen LogP contribution in [0.25, 0.3) is 0 Å². The molecule has 0 bridgehead atoms. The number of likely N-dealkylation sites (N-methyl/N-ethyl adjacent to an activating group) is 1. The first-order chi connectivity index (χ1) is 10.2. The monoisotopic (exact) mass is 283 g/mol. The maximum atomic E-state index is 5.83. The van der Waals surface area contributed by atoms with Crippen LogP contribution in [0.15, 0.2) is 48.5 Å². The maximum Gasteiger partial charge on any atom is 0.120 e.